The maximum absolute atomic E-state index is 12.5. The molecule has 0 spiro atoms. The minimum atomic E-state index is -0.0538. The molecule has 18 heavy (non-hydrogen) atoms. The molecule has 3 nitrogen and oxygen atoms in total. The van der Waals surface area contributed by atoms with E-state index in [2.05, 4.69) is 12.2 Å². The lowest BCUT2D eigenvalue weighted by molar-refractivity contribution is -0.132. The van der Waals surface area contributed by atoms with Crippen LogP contribution in [0.5, 0.6) is 0 Å². The molecule has 1 amide bonds. The van der Waals surface area contributed by atoms with Gasteiger partial charge in [0.05, 0.1) is 0 Å². The second kappa shape index (κ2) is 6.76. The summed E-state index contributed by atoms with van der Waals surface area (Å²) in [7, 11) is 0. The van der Waals surface area contributed by atoms with Gasteiger partial charge in [0.1, 0.15) is 0 Å². The highest BCUT2D eigenvalue weighted by atomic mass is 35.5. The van der Waals surface area contributed by atoms with E-state index in [0.717, 1.165) is 25.7 Å². The first-order chi connectivity index (χ1) is 8.22. The molecule has 0 aromatic carbocycles. The van der Waals surface area contributed by atoms with Crippen LogP contribution in [0.4, 0.5) is 0 Å². The molecule has 106 valence electrons. The van der Waals surface area contributed by atoms with Crippen LogP contribution in [0.15, 0.2) is 0 Å². The molecule has 0 aromatic rings. The summed E-state index contributed by atoms with van der Waals surface area (Å²) >= 11 is 0. The third-order valence-corrected chi connectivity index (χ3v) is 5.00. The normalized spacial score (nSPS) is 29.9. The smallest absolute Gasteiger partial charge is 0.226 e. The average Bonchev–Trinajstić information content (AvgIpc) is 2.97. The fourth-order valence-corrected chi connectivity index (χ4v) is 3.62. The Morgan fingerprint density at radius 3 is 2.50 bits per heavy atom. The molecule has 0 saturated heterocycles. The van der Waals surface area contributed by atoms with Crippen molar-refractivity contribution < 1.29 is 4.79 Å². The van der Waals surface area contributed by atoms with Gasteiger partial charge in [0.15, 0.2) is 0 Å². The predicted molar refractivity (Wildman–Crippen MR) is 76.8 cm³/mol. The van der Waals surface area contributed by atoms with Gasteiger partial charge in [-0.1, -0.05) is 26.2 Å². The summed E-state index contributed by atoms with van der Waals surface area (Å²) < 4.78 is 0. The van der Waals surface area contributed by atoms with Gasteiger partial charge >= 0.3 is 0 Å². The van der Waals surface area contributed by atoms with Gasteiger partial charge in [-0.3, -0.25) is 4.79 Å². The largest absolute Gasteiger partial charge is 0.353 e. The molecule has 0 aromatic heterocycles. The summed E-state index contributed by atoms with van der Waals surface area (Å²) in [6.07, 6.45) is 9.09. The fraction of sp³-hybridized carbons (Fsp3) is 0.929. The first-order valence-corrected chi connectivity index (χ1v) is 7.23. The van der Waals surface area contributed by atoms with Crippen LogP contribution >= 0.6 is 12.4 Å². The monoisotopic (exact) mass is 274 g/mol. The van der Waals surface area contributed by atoms with Gasteiger partial charge in [0.2, 0.25) is 5.91 Å². The lowest BCUT2D eigenvalue weighted by atomic mass is 9.82. The number of carbonyl (C=O) groups excluding carboxylic acids is 1. The zero-order chi connectivity index (χ0) is 12.3. The summed E-state index contributed by atoms with van der Waals surface area (Å²) in [6.45, 7) is 2.87. The van der Waals surface area contributed by atoms with Crippen molar-refractivity contribution in [2.45, 2.75) is 64.3 Å². The molecular weight excluding hydrogens is 248 g/mol. The van der Waals surface area contributed by atoms with Crippen LogP contribution in [0.1, 0.15) is 58.3 Å². The second-order valence-electron chi connectivity index (χ2n) is 5.85. The van der Waals surface area contributed by atoms with Crippen molar-refractivity contribution in [3.05, 3.63) is 0 Å². The van der Waals surface area contributed by atoms with Crippen molar-refractivity contribution in [1.82, 2.24) is 5.32 Å². The van der Waals surface area contributed by atoms with E-state index in [1.165, 1.54) is 25.7 Å². The van der Waals surface area contributed by atoms with Gasteiger partial charge < -0.3 is 11.1 Å². The fourth-order valence-electron chi connectivity index (χ4n) is 3.62. The highest BCUT2D eigenvalue weighted by molar-refractivity contribution is 5.85. The van der Waals surface area contributed by atoms with Crippen molar-refractivity contribution in [3.63, 3.8) is 0 Å². The van der Waals surface area contributed by atoms with Crippen LogP contribution in [0.3, 0.4) is 0 Å². The third kappa shape index (κ3) is 3.00. The molecule has 2 aliphatic rings. The maximum atomic E-state index is 12.5. The standard InChI is InChI=1S/C14H26N2O.ClH/c1-2-14(8-3-4-9-14)13(17)16-12-7-5-6-11(12)10-15;/h11-12H,2-10,15H2,1H3,(H,16,17);1H. The lowest BCUT2D eigenvalue weighted by Crippen LogP contribution is -2.46. The summed E-state index contributed by atoms with van der Waals surface area (Å²) in [4.78, 5) is 12.5. The Morgan fingerprint density at radius 1 is 1.28 bits per heavy atom. The van der Waals surface area contributed by atoms with Crippen LogP contribution in [0.25, 0.3) is 0 Å². The molecule has 4 heteroatoms. The zero-order valence-corrected chi connectivity index (χ0v) is 12.2. The molecule has 3 N–H and O–H groups in total. The summed E-state index contributed by atoms with van der Waals surface area (Å²) in [5.74, 6) is 0.817. The van der Waals surface area contributed by atoms with Crippen molar-refractivity contribution >= 4 is 18.3 Å². The van der Waals surface area contributed by atoms with Gasteiger partial charge in [-0.25, -0.2) is 0 Å². The van der Waals surface area contributed by atoms with Gasteiger partial charge in [-0.05, 0) is 44.6 Å². The van der Waals surface area contributed by atoms with Gasteiger partial charge in [-0.15, -0.1) is 12.4 Å². The summed E-state index contributed by atoms with van der Waals surface area (Å²) in [5.41, 5.74) is 5.71. The molecule has 2 saturated carbocycles. The lowest BCUT2D eigenvalue weighted by Gasteiger charge is -2.29. The number of hydrogen-bond donors (Lipinski definition) is 2. The van der Waals surface area contributed by atoms with Crippen LogP contribution in [-0.2, 0) is 4.79 Å². The van der Waals surface area contributed by atoms with Gasteiger partial charge in [0.25, 0.3) is 0 Å². The highest BCUT2D eigenvalue weighted by Crippen LogP contribution is 2.41. The quantitative estimate of drug-likeness (QED) is 0.828. The van der Waals surface area contributed by atoms with Crippen molar-refractivity contribution in [3.8, 4) is 0 Å². The number of amides is 1. The van der Waals surface area contributed by atoms with Crippen molar-refractivity contribution in [1.29, 1.82) is 0 Å². The first-order valence-electron chi connectivity index (χ1n) is 7.23. The first kappa shape index (κ1) is 15.8. The van der Waals surface area contributed by atoms with Gasteiger partial charge in [0, 0.05) is 11.5 Å². The average molecular weight is 275 g/mol. The summed E-state index contributed by atoms with van der Waals surface area (Å²) in [5, 5.41) is 3.29. The molecule has 2 atom stereocenters. The van der Waals surface area contributed by atoms with E-state index in [-0.39, 0.29) is 17.8 Å². The van der Waals surface area contributed by atoms with Gasteiger partial charge in [-0.2, -0.15) is 0 Å². The predicted octanol–water partition coefficient (Wildman–Crippen LogP) is 2.62. The maximum Gasteiger partial charge on any atom is 0.226 e. The Balaban J connectivity index is 0.00000162. The molecule has 2 fully saturated rings. The number of carbonyl (C=O) groups is 1. The minimum Gasteiger partial charge on any atom is -0.353 e. The van der Waals surface area contributed by atoms with E-state index >= 15 is 0 Å². The summed E-state index contributed by atoms with van der Waals surface area (Å²) in [6, 6.07) is 0.344. The van der Waals surface area contributed by atoms with Crippen LogP contribution < -0.4 is 11.1 Å². The molecule has 2 unspecified atom stereocenters. The molecule has 0 bridgehead atoms. The molecule has 0 radical (unpaired) electrons. The Bertz CT molecular complexity index is 277. The van der Waals surface area contributed by atoms with Crippen LogP contribution in [0.2, 0.25) is 0 Å². The Kier molecular flexibility index (Phi) is 5.93. The van der Waals surface area contributed by atoms with Crippen LogP contribution in [0, 0.1) is 11.3 Å². The van der Waals surface area contributed by atoms with Crippen molar-refractivity contribution in [2.75, 3.05) is 6.54 Å². The zero-order valence-electron chi connectivity index (χ0n) is 11.4. The number of hydrogen-bond acceptors (Lipinski definition) is 2. The number of halogens is 1. The minimum absolute atomic E-state index is 0. The van der Waals surface area contributed by atoms with E-state index in [1.54, 1.807) is 0 Å². The molecule has 2 aliphatic carbocycles. The molecule has 0 aliphatic heterocycles. The molecular formula is C14H27ClN2O. The van der Waals surface area contributed by atoms with E-state index in [9.17, 15) is 4.79 Å². The topological polar surface area (TPSA) is 55.1 Å². The van der Waals surface area contributed by atoms with Crippen molar-refractivity contribution in [2.24, 2.45) is 17.1 Å². The number of nitrogens with one attached hydrogen (secondary N) is 1. The van der Waals surface area contributed by atoms with E-state index < -0.39 is 0 Å². The number of nitrogens with two attached hydrogens (primary N) is 1. The Labute approximate surface area is 117 Å². The van der Waals surface area contributed by atoms with Crippen LogP contribution in [-0.4, -0.2) is 18.5 Å². The van der Waals surface area contributed by atoms with E-state index in [1.807, 2.05) is 0 Å². The Morgan fingerprint density at radius 2 is 1.94 bits per heavy atom. The van der Waals surface area contributed by atoms with E-state index in [0.29, 0.717) is 24.4 Å². The number of rotatable bonds is 4. The highest BCUT2D eigenvalue weighted by Gasteiger charge is 2.41. The van der Waals surface area contributed by atoms with E-state index in [4.69, 9.17) is 5.73 Å². The SMILES string of the molecule is CCC1(C(=O)NC2CCCC2CN)CCCC1.Cl. The Hall–Kier alpha value is -0.280. The molecule has 2 rings (SSSR count). The second-order valence-corrected chi connectivity index (χ2v) is 5.85. The molecule has 0 heterocycles. The third-order valence-electron chi connectivity index (χ3n) is 5.00.